The Morgan fingerprint density at radius 3 is 2.24 bits per heavy atom. The average Bonchev–Trinajstić information content (AvgIpc) is 2.71. The molecule has 0 atom stereocenters. The number of thiophene rings is 1. The zero-order valence-electron chi connectivity index (χ0n) is 11.4. The summed E-state index contributed by atoms with van der Waals surface area (Å²) in [6.45, 7) is 6.96. The summed E-state index contributed by atoms with van der Waals surface area (Å²) in [5, 5.41) is 0. The molecule has 0 amide bonds. The lowest BCUT2D eigenvalue weighted by molar-refractivity contribution is 0.165. The van der Waals surface area contributed by atoms with Crippen LogP contribution in [0, 0.1) is 5.41 Å². The van der Waals surface area contributed by atoms with Crippen LogP contribution in [-0.2, 0) is 12.8 Å². The van der Waals surface area contributed by atoms with Gasteiger partial charge in [0, 0.05) is 15.3 Å². The maximum absolute atomic E-state index is 6.57. The van der Waals surface area contributed by atoms with Crippen LogP contribution in [0.15, 0.2) is 12.1 Å². The lowest BCUT2D eigenvalue weighted by Crippen LogP contribution is -2.46. The summed E-state index contributed by atoms with van der Waals surface area (Å²) in [5.74, 6) is 0. The van der Waals surface area contributed by atoms with Gasteiger partial charge in [0.1, 0.15) is 0 Å². The monoisotopic (exact) mass is 251 g/mol. The first-order valence-corrected chi connectivity index (χ1v) is 7.61. The van der Waals surface area contributed by atoms with E-state index in [4.69, 9.17) is 5.73 Å². The molecule has 1 fully saturated rings. The average molecular weight is 251 g/mol. The van der Waals surface area contributed by atoms with Crippen LogP contribution in [0.25, 0.3) is 0 Å². The second kappa shape index (κ2) is 4.74. The van der Waals surface area contributed by atoms with Gasteiger partial charge in [-0.2, -0.15) is 0 Å². The van der Waals surface area contributed by atoms with Crippen LogP contribution in [0.1, 0.15) is 56.2 Å². The topological polar surface area (TPSA) is 26.0 Å². The van der Waals surface area contributed by atoms with Crippen molar-refractivity contribution in [2.24, 2.45) is 11.1 Å². The molecule has 1 aromatic rings. The molecule has 0 bridgehead atoms. The Labute approximate surface area is 109 Å². The van der Waals surface area contributed by atoms with Crippen molar-refractivity contribution < 1.29 is 0 Å². The summed E-state index contributed by atoms with van der Waals surface area (Å²) in [4.78, 5) is 2.96. The maximum atomic E-state index is 6.57. The molecule has 0 aliphatic heterocycles. The highest BCUT2D eigenvalue weighted by molar-refractivity contribution is 7.12. The van der Waals surface area contributed by atoms with Crippen molar-refractivity contribution in [2.45, 2.75) is 64.8 Å². The molecule has 1 heterocycles. The minimum Gasteiger partial charge on any atom is -0.325 e. The normalized spacial score (nSPS) is 22.6. The van der Waals surface area contributed by atoms with Crippen LogP contribution in [-0.4, -0.2) is 5.54 Å². The molecule has 1 aliphatic carbocycles. The van der Waals surface area contributed by atoms with Crippen LogP contribution < -0.4 is 5.73 Å². The highest BCUT2D eigenvalue weighted by Crippen LogP contribution is 2.40. The predicted octanol–water partition coefficient (Wildman–Crippen LogP) is 4.15. The van der Waals surface area contributed by atoms with E-state index in [2.05, 4.69) is 32.9 Å². The van der Waals surface area contributed by atoms with Crippen molar-refractivity contribution in [3.63, 3.8) is 0 Å². The third-order valence-corrected chi connectivity index (χ3v) is 5.42. The standard InChI is InChI=1S/C15H25NS/c1-4-12-5-6-13(17-12)11-15(16)9-7-14(2,3)8-10-15/h5-6H,4,7-11,16H2,1-3H3. The first-order valence-electron chi connectivity index (χ1n) is 6.79. The minimum absolute atomic E-state index is 0.0609. The van der Waals surface area contributed by atoms with Crippen molar-refractivity contribution >= 4 is 11.3 Å². The van der Waals surface area contributed by atoms with Crippen molar-refractivity contribution in [2.75, 3.05) is 0 Å². The lowest BCUT2D eigenvalue weighted by atomic mass is 9.68. The van der Waals surface area contributed by atoms with E-state index in [1.807, 2.05) is 11.3 Å². The molecule has 0 aromatic carbocycles. The number of rotatable bonds is 3. The van der Waals surface area contributed by atoms with Crippen molar-refractivity contribution in [3.8, 4) is 0 Å². The van der Waals surface area contributed by atoms with Crippen LogP contribution in [0.2, 0.25) is 0 Å². The van der Waals surface area contributed by atoms with E-state index in [1.165, 1.54) is 35.4 Å². The molecule has 1 aromatic heterocycles. The molecule has 2 heteroatoms. The fourth-order valence-electron chi connectivity index (χ4n) is 2.66. The zero-order valence-corrected chi connectivity index (χ0v) is 12.2. The van der Waals surface area contributed by atoms with E-state index >= 15 is 0 Å². The molecule has 0 radical (unpaired) electrons. The Hall–Kier alpha value is -0.340. The molecule has 0 spiro atoms. The summed E-state index contributed by atoms with van der Waals surface area (Å²) in [6.07, 6.45) is 7.13. The van der Waals surface area contributed by atoms with Gasteiger partial charge in [-0.05, 0) is 56.1 Å². The first-order chi connectivity index (χ1) is 7.92. The molecule has 1 nitrogen and oxygen atoms in total. The Morgan fingerprint density at radius 1 is 1.12 bits per heavy atom. The van der Waals surface area contributed by atoms with Gasteiger partial charge in [0.2, 0.25) is 0 Å². The van der Waals surface area contributed by atoms with E-state index in [-0.39, 0.29) is 5.54 Å². The largest absolute Gasteiger partial charge is 0.325 e. The van der Waals surface area contributed by atoms with Crippen molar-refractivity contribution in [1.82, 2.24) is 0 Å². The van der Waals surface area contributed by atoms with Gasteiger partial charge in [0.15, 0.2) is 0 Å². The van der Waals surface area contributed by atoms with Gasteiger partial charge in [-0.25, -0.2) is 0 Å². The molecular weight excluding hydrogens is 226 g/mol. The second-order valence-electron chi connectivity index (χ2n) is 6.42. The molecule has 0 unspecified atom stereocenters. The molecule has 1 aliphatic rings. The SMILES string of the molecule is CCc1ccc(CC2(N)CCC(C)(C)CC2)s1. The number of hydrogen-bond acceptors (Lipinski definition) is 2. The Bertz CT molecular complexity index is 368. The molecule has 1 saturated carbocycles. The Kier molecular flexibility index (Phi) is 3.65. The summed E-state index contributed by atoms with van der Waals surface area (Å²) < 4.78 is 0. The molecule has 17 heavy (non-hydrogen) atoms. The van der Waals surface area contributed by atoms with Crippen molar-refractivity contribution in [1.29, 1.82) is 0 Å². The number of aryl methyl sites for hydroxylation is 1. The van der Waals surface area contributed by atoms with E-state index in [0.29, 0.717) is 5.41 Å². The lowest BCUT2D eigenvalue weighted by Gasteiger charge is -2.41. The molecule has 96 valence electrons. The molecule has 2 N–H and O–H groups in total. The summed E-state index contributed by atoms with van der Waals surface area (Å²) in [7, 11) is 0. The summed E-state index contributed by atoms with van der Waals surface area (Å²) >= 11 is 1.94. The van der Waals surface area contributed by atoms with Crippen LogP contribution in [0.3, 0.4) is 0 Å². The van der Waals surface area contributed by atoms with Crippen LogP contribution >= 0.6 is 11.3 Å². The Morgan fingerprint density at radius 2 is 1.71 bits per heavy atom. The summed E-state index contributed by atoms with van der Waals surface area (Å²) in [6, 6.07) is 4.54. The highest BCUT2D eigenvalue weighted by Gasteiger charge is 2.35. The van der Waals surface area contributed by atoms with Gasteiger partial charge < -0.3 is 5.73 Å². The van der Waals surface area contributed by atoms with E-state index in [0.717, 1.165) is 12.8 Å². The van der Waals surface area contributed by atoms with Gasteiger partial charge >= 0.3 is 0 Å². The van der Waals surface area contributed by atoms with Crippen LogP contribution in [0.5, 0.6) is 0 Å². The minimum atomic E-state index is 0.0609. The van der Waals surface area contributed by atoms with E-state index in [1.54, 1.807) is 0 Å². The third-order valence-electron chi connectivity index (χ3n) is 4.19. The quantitative estimate of drug-likeness (QED) is 0.858. The summed E-state index contributed by atoms with van der Waals surface area (Å²) in [5.41, 5.74) is 7.14. The second-order valence-corrected chi connectivity index (χ2v) is 7.68. The van der Waals surface area contributed by atoms with Gasteiger partial charge in [0.25, 0.3) is 0 Å². The smallest absolute Gasteiger partial charge is 0.0203 e. The van der Waals surface area contributed by atoms with E-state index in [9.17, 15) is 0 Å². The number of hydrogen-bond donors (Lipinski definition) is 1. The van der Waals surface area contributed by atoms with E-state index < -0.39 is 0 Å². The fourth-order valence-corrected chi connectivity index (χ4v) is 3.77. The highest BCUT2D eigenvalue weighted by atomic mass is 32.1. The third kappa shape index (κ3) is 3.32. The predicted molar refractivity (Wildman–Crippen MR) is 76.6 cm³/mol. The van der Waals surface area contributed by atoms with Crippen molar-refractivity contribution in [3.05, 3.63) is 21.9 Å². The molecular formula is C15H25NS. The van der Waals surface area contributed by atoms with Crippen LogP contribution in [0.4, 0.5) is 0 Å². The van der Waals surface area contributed by atoms with Gasteiger partial charge in [-0.15, -0.1) is 11.3 Å². The Balaban J connectivity index is 1.98. The fraction of sp³-hybridized carbons (Fsp3) is 0.733. The molecule has 0 saturated heterocycles. The molecule has 2 rings (SSSR count). The maximum Gasteiger partial charge on any atom is 0.0203 e. The van der Waals surface area contributed by atoms with Gasteiger partial charge in [-0.3, -0.25) is 0 Å². The zero-order chi connectivity index (χ0) is 12.5. The van der Waals surface area contributed by atoms with Gasteiger partial charge in [-0.1, -0.05) is 20.8 Å². The number of nitrogens with two attached hydrogens (primary N) is 1. The van der Waals surface area contributed by atoms with Gasteiger partial charge in [0.05, 0.1) is 0 Å². The first kappa shape index (κ1) is 13.1.